The maximum atomic E-state index is 13.1. The molecule has 1 saturated heterocycles. The van der Waals surface area contributed by atoms with E-state index in [4.69, 9.17) is 9.47 Å². The lowest BCUT2D eigenvalue weighted by Gasteiger charge is -2.26. The van der Waals surface area contributed by atoms with Gasteiger partial charge in [-0.1, -0.05) is 18.6 Å². The zero-order valence-electron chi connectivity index (χ0n) is 19.7. The van der Waals surface area contributed by atoms with E-state index in [9.17, 15) is 18.0 Å². The zero-order chi connectivity index (χ0) is 24.2. The maximum Gasteiger partial charge on any atom is 0.339 e. The molecule has 3 rings (SSSR count). The van der Waals surface area contributed by atoms with E-state index in [0.29, 0.717) is 25.3 Å². The predicted molar refractivity (Wildman–Crippen MR) is 124 cm³/mol. The van der Waals surface area contributed by atoms with Crippen LogP contribution in [0.3, 0.4) is 0 Å². The van der Waals surface area contributed by atoms with Crippen molar-refractivity contribution in [1.29, 1.82) is 0 Å². The molecule has 2 aromatic rings. The largest absolute Gasteiger partial charge is 0.454 e. The first-order valence-corrected chi connectivity index (χ1v) is 12.6. The average molecular weight is 477 g/mol. The Bertz CT molecular complexity index is 1120. The first-order chi connectivity index (χ1) is 15.7. The summed E-state index contributed by atoms with van der Waals surface area (Å²) in [7, 11) is -2.20. The quantitative estimate of drug-likeness (QED) is 0.406. The van der Waals surface area contributed by atoms with Gasteiger partial charge in [0.2, 0.25) is 15.8 Å². The van der Waals surface area contributed by atoms with Gasteiger partial charge in [0, 0.05) is 37.2 Å². The normalized spacial score (nSPS) is 15.9. The van der Waals surface area contributed by atoms with E-state index in [0.717, 1.165) is 30.7 Å². The summed E-state index contributed by atoms with van der Waals surface area (Å²) in [6.45, 7) is 6.64. The van der Waals surface area contributed by atoms with Crippen molar-refractivity contribution in [2.24, 2.45) is 0 Å². The zero-order valence-corrected chi connectivity index (χ0v) is 20.5. The summed E-state index contributed by atoms with van der Waals surface area (Å²) in [5.74, 6) is -1.18. The van der Waals surface area contributed by atoms with Gasteiger partial charge in [0.05, 0.1) is 23.1 Å². The lowest BCUT2D eigenvalue weighted by atomic mass is 10.1. The summed E-state index contributed by atoms with van der Waals surface area (Å²) in [6.07, 6.45) is 2.58. The molecule has 2 heterocycles. The highest BCUT2D eigenvalue weighted by Crippen LogP contribution is 2.25. The smallest absolute Gasteiger partial charge is 0.339 e. The van der Waals surface area contributed by atoms with Crippen molar-refractivity contribution in [3.05, 3.63) is 52.8 Å². The molecule has 8 nitrogen and oxygen atoms in total. The van der Waals surface area contributed by atoms with Gasteiger partial charge in [-0.2, -0.15) is 4.31 Å². The fraction of sp³-hybridized carbons (Fsp3) is 0.500. The number of esters is 1. The average Bonchev–Trinajstić information content (AvgIpc) is 3.11. The van der Waals surface area contributed by atoms with Crippen molar-refractivity contribution in [2.45, 2.75) is 51.0 Å². The third-order valence-electron chi connectivity index (χ3n) is 6.01. The third-order valence-corrected chi connectivity index (χ3v) is 7.96. The van der Waals surface area contributed by atoms with E-state index in [2.05, 4.69) is 0 Å². The van der Waals surface area contributed by atoms with E-state index >= 15 is 0 Å². The van der Waals surface area contributed by atoms with Crippen molar-refractivity contribution in [3.8, 4) is 0 Å². The molecule has 180 valence electrons. The van der Waals surface area contributed by atoms with Crippen molar-refractivity contribution in [1.82, 2.24) is 8.87 Å². The van der Waals surface area contributed by atoms with E-state index in [1.54, 1.807) is 25.3 Å². The number of rotatable bonds is 9. The van der Waals surface area contributed by atoms with Crippen molar-refractivity contribution in [3.63, 3.8) is 0 Å². The van der Waals surface area contributed by atoms with Crippen LogP contribution in [0.4, 0.5) is 0 Å². The van der Waals surface area contributed by atoms with Crippen LogP contribution in [-0.4, -0.2) is 62.5 Å². The number of Topliss-reactive ketones (excluding diaryl/α,β-unsaturated/α-hetero) is 1. The van der Waals surface area contributed by atoms with Crippen LogP contribution < -0.4 is 0 Å². The Hall–Kier alpha value is -2.49. The molecule has 0 aliphatic carbocycles. The van der Waals surface area contributed by atoms with Crippen LogP contribution in [0.25, 0.3) is 0 Å². The molecule has 1 aromatic heterocycles. The fourth-order valence-electron chi connectivity index (χ4n) is 4.44. The maximum absolute atomic E-state index is 13.1. The first kappa shape index (κ1) is 25.1. The number of benzene rings is 1. The standard InChI is InChI=1S/C24H32N2O6S/c1-17-14-21(19(3)26(17)18(2)15-31-4)22(27)16-32-24(28)20-10-6-7-11-23(20)33(29,30)25-12-8-5-9-13-25/h6-7,10-11,14,18H,5,8-9,12-13,15-16H2,1-4H3. The fourth-order valence-corrected chi connectivity index (χ4v) is 6.14. The number of aryl methyl sites for hydroxylation is 1. The minimum absolute atomic E-state index is 0.0472. The molecule has 1 fully saturated rings. The monoisotopic (exact) mass is 476 g/mol. The number of methoxy groups -OCH3 is 1. The summed E-state index contributed by atoms with van der Waals surface area (Å²) in [6, 6.07) is 7.81. The number of ketones is 1. The van der Waals surface area contributed by atoms with Gasteiger partial charge in [-0.05, 0) is 51.8 Å². The van der Waals surface area contributed by atoms with Crippen LogP contribution in [0.5, 0.6) is 0 Å². The molecule has 0 radical (unpaired) electrons. The molecule has 0 N–H and O–H groups in total. The molecule has 1 aliphatic rings. The van der Waals surface area contributed by atoms with Crippen LogP contribution in [0, 0.1) is 13.8 Å². The Morgan fingerprint density at radius 2 is 1.73 bits per heavy atom. The van der Waals surface area contributed by atoms with Crippen LogP contribution in [0.1, 0.15) is 64.3 Å². The van der Waals surface area contributed by atoms with Gasteiger partial charge in [0.1, 0.15) is 0 Å². The topological polar surface area (TPSA) is 94.9 Å². The molecule has 1 atom stereocenters. The van der Waals surface area contributed by atoms with Gasteiger partial charge in [0.25, 0.3) is 0 Å². The van der Waals surface area contributed by atoms with Gasteiger partial charge in [-0.3, -0.25) is 4.79 Å². The highest BCUT2D eigenvalue weighted by atomic mass is 32.2. The number of carbonyl (C=O) groups excluding carboxylic acids is 2. The SMILES string of the molecule is COCC(C)n1c(C)cc(C(=O)COC(=O)c2ccccc2S(=O)(=O)N2CCCCC2)c1C. The molecule has 1 aromatic carbocycles. The summed E-state index contributed by atoms with van der Waals surface area (Å²) < 4.78 is 40.1. The van der Waals surface area contributed by atoms with Gasteiger partial charge < -0.3 is 14.0 Å². The number of aromatic nitrogens is 1. The molecule has 1 unspecified atom stereocenters. The summed E-state index contributed by atoms with van der Waals surface area (Å²) in [4.78, 5) is 25.5. The van der Waals surface area contributed by atoms with Gasteiger partial charge in [-0.25, -0.2) is 13.2 Å². The minimum atomic E-state index is -3.82. The Morgan fingerprint density at radius 1 is 1.06 bits per heavy atom. The van der Waals surface area contributed by atoms with E-state index in [1.165, 1.54) is 16.4 Å². The highest BCUT2D eigenvalue weighted by molar-refractivity contribution is 7.89. The van der Waals surface area contributed by atoms with Gasteiger partial charge >= 0.3 is 5.97 Å². The number of hydrogen-bond donors (Lipinski definition) is 0. The number of hydrogen-bond acceptors (Lipinski definition) is 6. The van der Waals surface area contributed by atoms with Gasteiger partial charge in [-0.15, -0.1) is 0 Å². The Labute approximate surface area is 195 Å². The Kier molecular flexibility index (Phi) is 8.10. The molecular formula is C24H32N2O6S. The first-order valence-electron chi connectivity index (χ1n) is 11.1. The predicted octanol–water partition coefficient (Wildman–Crippen LogP) is 3.53. The molecule has 0 bridgehead atoms. The Balaban J connectivity index is 1.76. The summed E-state index contributed by atoms with van der Waals surface area (Å²) in [5.41, 5.74) is 2.09. The summed E-state index contributed by atoms with van der Waals surface area (Å²) in [5, 5.41) is 0. The molecule has 1 aliphatic heterocycles. The second-order valence-corrected chi connectivity index (χ2v) is 10.3. The Morgan fingerprint density at radius 3 is 2.39 bits per heavy atom. The van der Waals surface area contributed by atoms with Crippen LogP contribution in [-0.2, 0) is 19.5 Å². The number of ether oxygens (including phenoxy) is 2. The molecule has 9 heteroatoms. The van der Waals surface area contributed by atoms with Crippen molar-refractivity contribution >= 4 is 21.8 Å². The summed E-state index contributed by atoms with van der Waals surface area (Å²) >= 11 is 0. The van der Waals surface area contributed by atoms with Crippen molar-refractivity contribution in [2.75, 3.05) is 33.4 Å². The highest BCUT2D eigenvalue weighted by Gasteiger charge is 2.30. The lowest BCUT2D eigenvalue weighted by molar-refractivity contribution is 0.0470. The van der Waals surface area contributed by atoms with Gasteiger partial charge in [0.15, 0.2) is 6.61 Å². The minimum Gasteiger partial charge on any atom is -0.454 e. The second-order valence-electron chi connectivity index (χ2n) is 8.42. The molecule has 0 spiro atoms. The molecular weight excluding hydrogens is 444 g/mol. The van der Waals surface area contributed by atoms with E-state index in [-0.39, 0.29) is 22.3 Å². The lowest BCUT2D eigenvalue weighted by Crippen LogP contribution is -2.36. The molecule has 0 amide bonds. The third kappa shape index (κ3) is 5.37. The van der Waals surface area contributed by atoms with Crippen LogP contribution in [0.2, 0.25) is 0 Å². The number of carbonyl (C=O) groups is 2. The number of piperidine rings is 1. The van der Waals surface area contributed by atoms with Crippen LogP contribution in [0.15, 0.2) is 35.2 Å². The van der Waals surface area contributed by atoms with E-state index < -0.39 is 22.6 Å². The van der Waals surface area contributed by atoms with Crippen molar-refractivity contribution < 1.29 is 27.5 Å². The number of nitrogens with zero attached hydrogens (tertiary/aromatic N) is 2. The van der Waals surface area contributed by atoms with Crippen LogP contribution >= 0.6 is 0 Å². The number of sulfonamides is 1. The molecule has 33 heavy (non-hydrogen) atoms. The second kappa shape index (κ2) is 10.6. The van der Waals surface area contributed by atoms with E-state index in [1.807, 2.05) is 25.3 Å². The molecule has 0 saturated carbocycles.